The van der Waals surface area contributed by atoms with Crippen LogP contribution in [-0.2, 0) is 27.7 Å². The van der Waals surface area contributed by atoms with Crippen LogP contribution in [0, 0.1) is 6.08 Å². The Bertz CT molecular complexity index is 37.8. The second-order valence-corrected chi connectivity index (χ2v) is 1.17. The van der Waals surface area contributed by atoms with Crippen LogP contribution >= 0.6 is 0 Å². The second kappa shape index (κ2) is 15.7. The van der Waals surface area contributed by atoms with Gasteiger partial charge in [0.1, 0.15) is 0 Å². The summed E-state index contributed by atoms with van der Waals surface area (Å²) in [5.74, 6) is 0. The van der Waals surface area contributed by atoms with Crippen molar-refractivity contribution in [1.29, 1.82) is 0 Å². The summed E-state index contributed by atoms with van der Waals surface area (Å²) in [4.78, 5) is 0. The Labute approximate surface area is 78.7 Å². The molecule has 44 valence electrons. The van der Waals surface area contributed by atoms with Gasteiger partial charge in [0.25, 0.3) is 0 Å². The van der Waals surface area contributed by atoms with Crippen LogP contribution in [0.3, 0.4) is 0 Å². The summed E-state index contributed by atoms with van der Waals surface area (Å²) < 4.78 is 0. The van der Waals surface area contributed by atoms with Crippen molar-refractivity contribution in [2.45, 2.75) is 26.7 Å². The minimum absolute atomic E-state index is 0. The van der Waals surface area contributed by atoms with Crippen LogP contribution in [0.25, 0.3) is 0 Å². The van der Waals surface area contributed by atoms with Gasteiger partial charge in [-0.25, -0.2) is 0 Å². The number of allylic oxidation sites excluding steroid dienone is 2. The van der Waals surface area contributed by atoms with Crippen molar-refractivity contribution in [3.05, 3.63) is 12.2 Å². The van der Waals surface area contributed by atoms with Gasteiger partial charge in [0, 0.05) is 0 Å². The first-order valence-electron chi connectivity index (χ1n) is 2.46. The van der Waals surface area contributed by atoms with Gasteiger partial charge >= 0.3 is 27.7 Å². The van der Waals surface area contributed by atoms with E-state index in [-0.39, 0.29) is 40.1 Å². The van der Waals surface area contributed by atoms with Crippen LogP contribution in [0.1, 0.15) is 26.7 Å². The fraction of sp³-hybridized carbons (Fsp3) is 0.667. The monoisotopic (exact) mass is 320 g/mol. The molecule has 0 amide bonds. The molecule has 0 aliphatic rings. The predicted molar refractivity (Wildman–Crippen MR) is 28.4 cm³/mol. The van der Waals surface area contributed by atoms with E-state index in [0.29, 0.717) is 0 Å². The molecule has 0 atom stereocenters. The molecule has 0 heterocycles. The molecule has 0 aromatic rings. The molecule has 0 aliphatic heterocycles. The van der Waals surface area contributed by atoms with Crippen LogP contribution < -0.4 is 12.4 Å². The van der Waals surface area contributed by atoms with Gasteiger partial charge in [0.2, 0.25) is 0 Å². The summed E-state index contributed by atoms with van der Waals surface area (Å²) in [6.07, 6.45) is 7.30. The Kier molecular flexibility index (Phi) is 31.3. The number of rotatable bonds is 2. The molecule has 2 heteroatoms. The molecule has 0 aromatic carbocycles. The Balaban J connectivity index is -0.000000125. The molecule has 0 N–H and O–H groups in total. The molecule has 2 radical (unpaired) electrons. The fourth-order valence-electron chi connectivity index (χ4n) is 0.289. The molecule has 0 bridgehead atoms. The molecule has 0 saturated carbocycles. The molecule has 0 nitrogen and oxygen atoms in total. The van der Waals surface area contributed by atoms with Gasteiger partial charge in [-0.3, -0.25) is 0 Å². The normalized spacial score (nSPS) is 7.75. The zero-order valence-electron chi connectivity index (χ0n) is 5.58. The first-order valence-corrected chi connectivity index (χ1v) is 2.46. The quantitative estimate of drug-likeness (QED) is 0.583. The van der Waals surface area contributed by atoms with Crippen molar-refractivity contribution in [1.82, 2.24) is 0 Å². The average molecular weight is 319 g/mol. The largest absolute Gasteiger partial charge is 1.00 e. The Morgan fingerprint density at radius 1 is 1.38 bits per heavy atom. The average Bonchev–Trinajstić information content (AvgIpc) is 1.61. The molecule has 0 unspecified atom stereocenters. The van der Waals surface area contributed by atoms with Gasteiger partial charge in [-0.1, -0.05) is 19.9 Å². The summed E-state index contributed by atoms with van der Waals surface area (Å²) in [6.45, 7) is 4.20. The zero-order valence-corrected chi connectivity index (χ0v) is 11.8. The van der Waals surface area contributed by atoms with Crippen molar-refractivity contribution >= 4 is 0 Å². The van der Waals surface area contributed by atoms with Crippen molar-refractivity contribution < 1.29 is 40.1 Å². The molecular formula is C6H11ClHg. The van der Waals surface area contributed by atoms with Gasteiger partial charge < -0.3 is 12.4 Å². The smallest absolute Gasteiger partial charge is 1.00 e. The molecule has 0 spiro atoms. The number of halogens is 1. The summed E-state index contributed by atoms with van der Waals surface area (Å²) in [7, 11) is 0. The SMILES string of the molecule is CC[C]=CCC.[Cl-].[Hg+]. The maximum atomic E-state index is 3.07. The van der Waals surface area contributed by atoms with E-state index in [0.717, 1.165) is 12.8 Å². The minimum Gasteiger partial charge on any atom is -1.00 e. The molecule has 0 fully saturated rings. The van der Waals surface area contributed by atoms with Crippen molar-refractivity contribution in [2.24, 2.45) is 0 Å². The maximum Gasteiger partial charge on any atom is 1.00 e. The Hall–Kier alpha value is 0.965. The predicted octanol–water partition coefficient (Wildman–Crippen LogP) is -0.833. The van der Waals surface area contributed by atoms with E-state index in [1.165, 1.54) is 0 Å². The van der Waals surface area contributed by atoms with Crippen molar-refractivity contribution in [3.63, 3.8) is 0 Å². The molecule has 0 aliphatic carbocycles. The maximum absolute atomic E-state index is 3.07. The molecular weight excluding hydrogens is 308 g/mol. The summed E-state index contributed by atoms with van der Waals surface area (Å²) >= 11 is 0. The van der Waals surface area contributed by atoms with E-state index < -0.39 is 0 Å². The van der Waals surface area contributed by atoms with E-state index in [1.54, 1.807) is 0 Å². The summed E-state index contributed by atoms with van der Waals surface area (Å²) in [5.41, 5.74) is 0. The topological polar surface area (TPSA) is 0 Å². The van der Waals surface area contributed by atoms with E-state index in [4.69, 9.17) is 0 Å². The Morgan fingerprint density at radius 3 is 2.00 bits per heavy atom. The van der Waals surface area contributed by atoms with Crippen LogP contribution in [0.5, 0.6) is 0 Å². The van der Waals surface area contributed by atoms with E-state index in [1.807, 2.05) is 0 Å². The molecule has 0 rings (SSSR count). The first kappa shape index (κ1) is 16.0. The minimum atomic E-state index is 0. The van der Waals surface area contributed by atoms with Crippen molar-refractivity contribution in [3.8, 4) is 0 Å². The Morgan fingerprint density at radius 2 is 1.88 bits per heavy atom. The van der Waals surface area contributed by atoms with Crippen LogP contribution in [-0.4, -0.2) is 0 Å². The number of hydrogen-bond acceptors (Lipinski definition) is 0. The third-order valence-electron chi connectivity index (χ3n) is 0.553. The van der Waals surface area contributed by atoms with E-state index in [9.17, 15) is 0 Å². The van der Waals surface area contributed by atoms with E-state index >= 15 is 0 Å². The van der Waals surface area contributed by atoms with Gasteiger partial charge in [-0.15, -0.1) is 0 Å². The molecule has 0 aromatic heterocycles. The van der Waals surface area contributed by atoms with Crippen LogP contribution in [0.4, 0.5) is 0 Å². The second-order valence-electron chi connectivity index (χ2n) is 1.17. The van der Waals surface area contributed by atoms with Gasteiger partial charge in [-0.05, 0) is 18.9 Å². The van der Waals surface area contributed by atoms with Gasteiger partial charge in [0.15, 0.2) is 0 Å². The summed E-state index contributed by atoms with van der Waals surface area (Å²) in [6, 6.07) is 0. The van der Waals surface area contributed by atoms with Crippen molar-refractivity contribution in [2.75, 3.05) is 0 Å². The van der Waals surface area contributed by atoms with Gasteiger partial charge in [0.05, 0.1) is 0 Å². The van der Waals surface area contributed by atoms with Gasteiger partial charge in [-0.2, -0.15) is 0 Å². The van der Waals surface area contributed by atoms with E-state index in [2.05, 4.69) is 26.0 Å². The third-order valence-corrected chi connectivity index (χ3v) is 0.553. The van der Waals surface area contributed by atoms with Crippen LogP contribution in [0.2, 0.25) is 0 Å². The zero-order chi connectivity index (χ0) is 4.83. The molecule has 8 heavy (non-hydrogen) atoms. The summed E-state index contributed by atoms with van der Waals surface area (Å²) in [5, 5.41) is 0. The third kappa shape index (κ3) is 15.8. The molecule has 0 saturated heterocycles. The standard InChI is InChI=1S/C6H11.ClH.Hg/c1-3-5-6-4-2;;/h5H,3-4H2,1-2H3;1H;/q;;+1/p-1. The fourth-order valence-corrected chi connectivity index (χ4v) is 0.289. The number of hydrogen-bond donors (Lipinski definition) is 0. The first-order chi connectivity index (χ1) is 2.91. The van der Waals surface area contributed by atoms with Crippen LogP contribution in [0.15, 0.2) is 6.08 Å².